The summed E-state index contributed by atoms with van der Waals surface area (Å²) in [5.74, 6) is -0.285. The van der Waals surface area contributed by atoms with Crippen molar-refractivity contribution in [2.24, 2.45) is 0 Å². The van der Waals surface area contributed by atoms with E-state index < -0.39 is 0 Å². The van der Waals surface area contributed by atoms with Gasteiger partial charge < -0.3 is 5.32 Å². The summed E-state index contributed by atoms with van der Waals surface area (Å²) in [4.78, 5) is 4.35. The van der Waals surface area contributed by atoms with Crippen LogP contribution >= 0.6 is 23.2 Å². The highest BCUT2D eigenvalue weighted by Gasteiger charge is 2.15. The van der Waals surface area contributed by atoms with E-state index in [0.717, 1.165) is 24.2 Å². The number of nitrogens with zero attached hydrogens (tertiary/aromatic N) is 1. The topological polar surface area (TPSA) is 24.9 Å². The number of rotatable bonds is 6. The molecule has 112 valence electrons. The molecular weight excluding hydrogens is 310 g/mol. The van der Waals surface area contributed by atoms with Crippen molar-refractivity contribution >= 4 is 23.2 Å². The fourth-order valence-corrected chi connectivity index (χ4v) is 2.42. The number of pyridine rings is 1. The highest BCUT2D eigenvalue weighted by Crippen LogP contribution is 2.24. The minimum Gasteiger partial charge on any atom is -0.308 e. The van der Waals surface area contributed by atoms with Crippen molar-refractivity contribution in [3.8, 4) is 0 Å². The van der Waals surface area contributed by atoms with Crippen LogP contribution in [-0.4, -0.2) is 11.5 Å². The summed E-state index contributed by atoms with van der Waals surface area (Å²) in [5.41, 5.74) is 1.63. The summed E-state index contributed by atoms with van der Waals surface area (Å²) in [6.07, 6.45) is 3.19. The van der Waals surface area contributed by atoms with Crippen molar-refractivity contribution in [3.63, 3.8) is 0 Å². The summed E-state index contributed by atoms with van der Waals surface area (Å²) in [6, 6.07) is 8.07. The number of benzene rings is 1. The van der Waals surface area contributed by atoms with Gasteiger partial charge in [-0.2, -0.15) is 0 Å². The standard InChI is InChI=1S/C16H17Cl2FN2/c1-2-7-20-16(15-6-3-12(17)10-21-15)9-11-8-13(19)4-5-14(11)18/h3-6,8,10,16,20H,2,7,9H2,1H3. The van der Waals surface area contributed by atoms with Gasteiger partial charge in [-0.05, 0) is 55.3 Å². The Bertz CT molecular complexity index is 587. The smallest absolute Gasteiger partial charge is 0.123 e. The van der Waals surface area contributed by atoms with E-state index in [1.165, 1.54) is 12.1 Å². The molecule has 0 fully saturated rings. The quantitative estimate of drug-likeness (QED) is 0.823. The molecule has 0 aliphatic rings. The molecule has 2 aromatic rings. The maximum Gasteiger partial charge on any atom is 0.123 e. The van der Waals surface area contributed by atoms with E-state index in [0.29, 0.717) is 16.5 Å². The van der Waals surface area contributed by atoms with Crippen LogP contribution in [0.2, 0.25) is 10.0 Å². The molecule has 5 heteroatoms. The van der Waals surface area contributed by atoms with Crippen LogP contribution in [0.25, 0.3) is 0 Å². The first kappa shape index (κ1) is 16.2. The lowest BCUT2D eigenvalue weighted by molar-refractivity contribution is 0.516. The van der Waals surface area contributed by atoms with Gasteiger partial charge in [0.05, 0.1) is 16.8 Å². The summed E-state index contributed by atoms with van der Waals surface area (Å²) in [7, 11) is 0. The molecule has 1 aromatic heterocycles. The van der Waals surface area contributed by atoms with Crippen LogP contribution in [-0.2, 0) is 6.42 Å². The normalized spacial score (nSPS) is 12.4. The Hall–Kier alpha value is -1.16. The molecular formula is C16H17Cl2FN2. The Labute approximate surface area is 134 Å². The molecule has 0 aliphatic heterocycles. The minimum atomic E-state index is -0.285. The molecule has 2 rings (SSSR count). The SMILES string of the molecule is CCCNC(Cc1cc(F)ccc1Cl)c1ccc(Cl)cn1. The number of hydrogen-bond acceptors (Lipinski definition) is 2. The number of nitrogens with one attached hydrogen (secondary N) is 1. The van der Waals surface area contributed by atoms with Crippen LogP contribution in [0.4, 0.5) is 4.39 Å². The average Bonchev–Trinajstić information content (AvgIpc) is 2.48. The van der Waals surface area contributed by atoms with Gasteiger partial charge in [0, 0.05) is 11.2 Å². The van der Waals surface area contributed by atoms with Gasteiger partial charge in [-0.3, -0.25) is 4.98 Å². The van der Waals surface area contributed by atoms with Crippen molar-refractivity contribution in [1.82, 2.24) is 10.3 Å². The zero-order valence-corrected chi connectivity index (χ0v) is 13.3. The lowest BCUT2D eigenvalue weighted by Crippen LogP contribution is -2.25. The third-order valence-electron chi connectivity index (χ3n) is 3.18. The van der Waals surface area contributed by atoms with Gasteiger partial charge >= 0.3 is 0 Å². The second-order valence-corrected chi connectivity index (χ2v) is 5.69. The molecule has 1 aromatic carbocycles. The first-order chi connectivity index (χ1) is 10.1. The Morgan fingerprint density at radius 2 is 2.05 bits per heavy atom. The number of hydrogen-bond donors (Lipinski definition) is 1. The zero-order chi connectivity index (χ0) is 15.2. The first-order valence-electron chi connectivity index (χ1n) is 6.89. The summed E-state index contributed by atoms with van der Waals surface area (Å²) in [6.45, 7) is 2.94. The maximum absolute atomic E-state index is 13.4. The van der Waals surface area contributed by atoms with Gasteiger partial charge in [0.15, 0.2) is 0 Å². The predicted molar refractivity (Wildman–Crippen MR) is 85.4 cm³/mol. The molecule has 1 unspecified atom stereocenters. The van der Waals surface area contributed by atoms with E-state index in [9.17, 15) is 4.39 Å². The molecule has 0 saturated heterocycles. The Morgan fingerprint density at radius 3 is 2.71 bits per heavy atom. The Kier molecular flexibility index (Phi) is 5.97. The maximum atomic E-state index is 13.4. The van der Waals surface area contributed by atoms with Crippen LogP contribution in [0.15, 0.2) is 36.5 Å². The molecule has 1 heterocycles. The second kappa shape index (κ2) is 7.74. The number of aromatic nitrogens is 1. The summed E-state index contributed by atoms with van der Waals surface area (Å²) in [5, 5.41) is 4.57. The van der Waals surface area contributed by atoms with Crippen molar-refractivity contribution < 1.29 is 4.39 Å². The largest absolute Gasteiger partial charge is 0.308 e. The highest BCUT2D eigenvalue weighted by molar-refractivity contribution is 6.31. The fraction of sp³-hybridized carbons (Fsp3) is 0.312. The van der Waals surface area contributed by atoms with E-state index in [1.807, 2.05) is 6.07 Å². The van der Waals surface area contributed by atoms with Gasteiger partial charge in [-0.1, -0.05) is 30.1 Å². The van der Waals surface area contributed by atoms with Gasteiger partial charge in [-0.25, -0.2) is 4.39 Å². The molecule has 21 heavy (non-hydrogen) atoms. The fourth-order valence-electron chi connectivity index (χ4n) is 2.11. The highest BCUT2D eigenvalue weighted by atomic mass is 35.5. The molecule has 0 spiro atoms. The van der Waals surface area contributed by atoms with E-state index in [-0.39, 0.29) is 11.9 Å². The van der Waals surface area contributed by atoms with Gasteiger partial charge in [0.25, 0.3) is 0 Å². The third-order valence-corrected chi connectivity index (χ3v) is 3.77. The Morgan fingerprint density at radius 1 is 1.24 bits per heavy atom. The first-order valence-corrected chi connectivity index (χ1v) is 7.64. The van der Waals surface area contributed by atoms with Crippen LogP contribution in [0.1, 0.15) is 30.6 Å². The van der Waals surface area contributed by atoms with Crippen molar-refractivity contribution in [1.29, 1.82) is 0 Å². The van der Waals surface area contributed by atoms with Crippen LogP contribution < -0.4 is 5.32 Å². The van der Waals surface area contributed by atoms with Crippen molar-refractivity contribution in [2.75, 3.05) is 6.54 Å². The van der Waals surface area contributed by atoms with Crippen LogP contribution in [0.3, 0.4) is 0 Å². The molecule has 2 nitrogen and oxygen atoms in total. The molecule has 1 N–H and O–H groups in total. The van der Waals surface area contributed by atoms with E-state index in [1.54, 1.807) is 18.3 Å². The van der Waals surface area contributed by atoms with E-state index in [2.05, 4.69) is 17.2 Å². The van der Waals surface area contributed by atoms with Gasteiger partial charge in [-0.15, -0.1) is 0 Å². The summed E-state index contributed by atoms with van der Waals surface area (Å²) >= 11 is 12.0. The summed E-state index contributed by atoms with van der Waals surface area (Å²) < 4.78 is 13.4. The van der Waals surface area contributed by atoms with Crippen molar-refractivity contribution in [2.45, 2.75) is 25.8 Å². The molecule has 0 aliphatic carbocycles. The second-order valence-electron chi connectivity index (χ2n) is 4.85. The lowest BCUT2D eigenvalue weighted by Gasteiger charge is -2.19. The van der Waals surface area contributed by atoms with Crippen molar-refractivity contribution in [3.05, 3.63) is 63.6 Å². The third kappa shape index (κ3) is 4.67. The van der Waals surface area contributed by atoms with E-state index in [4.69, 9.17) is 23.2 Å². The lowest BCUT2D eigenvalue weighted by atomic mass is 10.0. The molecule has 0 saturated carbocycles. The van der Waals surface area contributed by atoms with Gasteiger partial charge in [0.1, 0.15) is 5.82 Å². The Balaban J connectivity index is 2.23. The number of halogens is 3. The minimum absolute atomic E-state index is 0.0264. The van der Waals surface area contributed by atoms with Crippen LogP contribution in [0.5, 0.6) is 0 Å². The average molecular weight is 327 g/mol. The monoisotopic (exact) mass is 326 g/mol. The molecule has 0 radical (unpaired) electrons. The van der Waals surface area contributed by atoms with Gasteiger partial charge in [0.2, 0.25) is 0 Å². The van der Waals surface area contributed by atoms with E-state index >= 15 is 0 Å². The molecule has 0 amide bonds. The predicted octanol–water partition coefficient (Wildman–Crippen LogP) is 4.81. The molecule has 1 atom stereocenters. The zero-order valence-electron chi connectivity index (χ0n) is 11.7. The molecule has 0 bridgehead atoms. The van der Waals surface area contributed by atoms with Crippen LogP contribution in [0, 0.1) is 5.82 Å².